The van der Waals surface area contributed by atoms with Crippen LogP contribution >= 0.6 is 0 Å². The molecule has 1 amide bonds. The maximum absolute atomic E-state index is 12.6. The van der Waals surface area contributed by atoms with Crippen LogP contribution in [0.2, 0.25) is 0 Å². The maximum Gasteiger partial charge on any atom is 0.223 e. The molecule has 148 valence electrons. The van der Waals surface area contributed by atoms with Crippen molar-refractivity contribution in [3.05, 3.63) is 30.0 Å². The Hall–Kier alpha value is -2.06. The third-order valence-electron chi connectivity index (χ3n) is 4.91. The molecule has 1 atom stereocenters. The second kappa shape index (κ2) is 7.90. The van der Waals surface area contributed by atoms with Gasteiger partial charge in [-0.05, 0) is 38.8 Å². The number of rotatable bonds is 6. The van der Waals surface area contributed by atoms with E-state index in [-0.39, 0.29) is 17.9 Å². The van der Waals surface area contributed by atoms with Gasteiger partial charge in [0.15, 0.2) is 11.3 Å². The molecule has 0 spiro atoms. The number of hydrogen-bond donors (Lipinski definition) is 1. The summed E-state index contributed by atoms with van der Waals surface area (Å²) in [6.45, 7) is 5.11. The summed E-state index contributed by atoms with van der Waals surface area (Å²) >= 11 is 0. The summed E-state index contributed by atoms with van der Waals surface area (Å²) in [5, 5.41) is 3.92. The number of carbonyl (C=O) groups excluding carboxylic acids is 1. The molecule has 1 aliphatic heterocycles. The molecule has 0 aliphatic carbocycles. The van der Waals surface area contributed by atoms with Crippen molar-refractivity contribution < 1.29 is 22.4 Å². The first kappa shape index (κ1) is 19.7. The molecule has 0 radical (unpaired) electrons. The molecular weight excluding hydrogens is 368 g/mol. The summed E-state index contributed by atoms with van der Waals surface area (Å²) in [6.07, 6.45) is 2.26. The van der Waals surface area contributed by atoms with E-state index in [2.05, 4.69) is 5.32 Å². The van der Waals surface area contributed by atoms with Crippen molar-refractivity contribution in [2.75, 3.05) is 26.0 Å². The number of sulfonamides is 1. The lowest BCUT2D eigenvalue weighted by Crippen LogP contribution is -2.43. The number of amides is 1. The lowest BCUT2D eigenvalue weighted by Gasteiger charge is -2.30. The van der Waals surface area contributed by atoms with E-state index in [9.17, 15) is 13.2 Å². The van der Waals surface area contributed by atoms with Gasteiger partial charge in [0.1, 0.15) is 5.76 Å². The molecule has 27 heavy (non-hydrogen) atoms. The lowest BCUT2D eigenvalue weighted by molar-refractivity contribution is -0.126. The number of benzene rings is 1. The van der Waals surface area contributed by atoms with Crippen LogP contribution in [0.25, 0.3) is 11.0 Å². The minimum Gasteiger partial charge on any atom is -0.490 e. The van der Waals surface area contributed by atoms with E-state index in [0.29, 0.717) is 49.6 Å². The zero-order valence-electron chi connectivity index (χ0n) is 15.9. The predicted molar refractivity (Wildman–Crippen MR) is 103 cm³/mol. The molecule has 2 heterocycles. The van der Waals surface area contributed by atoms with Gasteiger partial charge in [0.25, 0.3) is 0 Å². The van der Waals surface area contributed by atoms with Crippen molar-refractivity contribution in [2.24, 2.45) is 5.92 Å². The molecule has 1 unspecified atom stereocenters. The van der Waals surface area contributed by atoms with Crippen LogP contribution in [0.3, 0.4) is 0 Å². The number of furan rings is 1. The van der Waals surface area contributed by atoms with Crippen molar-refractivity contribution in [2.45, 2.75) is 32.7 Å². The smallest absolute Gasteiger partial charge is 0.223 e. The topological polar surface area (TPSA) is 88.9 Å². The van der Waals surface area contributed by atoms with E-state index < -0.39 is 10.0 Å². The zero-order valence-corrected chi connectivity index (χ0v) is 16.7. The number of carbonyl (C=O) groups is 1. The van der Waals surface area contributed by atoms with Crippen molar-refractivity contribution in [3.8, 4) is 5.75 Å². The standard InChI is InChI=1S/C19H26N2O5S/c1-4-25-16-7-5-6-15-12-17(26-18(15)16)13(2)20-19(22)14-8-10-21(11-9-14)27(3,23)24/h5-7,12-14H,4,8-11H2,1-3H3,(H,20,22). The molecule has 1 aromatic carbocycles. The quantitative estimate of drug-likeness (QED) is 0.814. The molecule has 8 heteroatoms. The summed E-state index contributed by atoms with van der Waals surface area (Å²) in [6, 6.07) is 7.34. The Balaban J connectivity index is 1.65. The molecule has 2 aromatic rings. The third-order valence-corrected chi connectivity index (χ3v) is 6.21. The largest absolute Gasteiger partial charge is 0.490 e. The third kappa shape index (κ3) is 4.44. The van der Waals surface area contributed by atoms with Crippen LogP contribution in [0, 0.1) is 5.92 Å². The van der Waals surface area contributed by atoms with Gasteiger partial charge in [-0.15, -0.1) is 0 Å². The van der Waals surface area contributed by atoms with Crippen LogP contribution in [-0.2, 0) is 14.8 Å². The van der Waals surface area contributed by atoms with Crippen molar-refractivity contribution in [3.63, 3.8) is 0 Å². The fourth-order valence-corrected chi connectivity index (χ4v) is 4.26. The number of ether oxygens (including phenoxy) is 1. The van der Waals surface area contributed by atoms with E-state index in [0.717, 1.165) is 5.39 Å². The number of para-hydroxylation sites is 1. The highest BCUT2D eigenvalue weighted by Gasteiger charge is 2.30. The molecule has 1 fully saturated rings. The fraction of sp³-hybridized carbons (Fsp3) is 0.526. The molecule has 7 nitrogen and oxygen atoms in total. The summed E-state index contributed by atoms with van der Waals surface area (Å²) in [4.78, 5) is 12.6. The number of piperidine rings is 1. The monoisotopic (exact) mass is 394 g/mol. The van der Waals surface area contributed by atoms with Crippen LogP contribution in [0.5, 0.6) is 5.75 Å². The van der Waals surface area contributed by atoms with Gasteiger partial charge >= 0.3 is 0 Å². The highest BCUT2D eigenvalue weighted by molar-refractivity contribution is 7.88. The number of hydrogen-bond acceptors (Lipinski definition) is 5. The van der Waals surface area contributed by atoms with E-state index in [4.69, 9.17) is 9.15 Å². The van der Waals surface area contributed by atoms with Gasteiger partial charge in [0, 0.05) is 24.4 Å². The van der Waals surface area contributed by atoms with Crippen LogP contribution in [-0.4, -0.2) is 44.6 Å². The first-order valence-corrected chi connectivity index (χ1v) is 11.0. The highest BCUT2D eigenvalue weighted by atomic mass is 32.2. The second-order valence-corrected chi connectivity index (χ2v) is 8.91. The Morgan fingerprint density at radius 2 is 2.07 bits per heavy atom. The normalized spacial score (nSPS) is 17.7. The number of nitrogens with one attached hydrogen (secondary N) is 1. The van der Waals surface area contributed by atoms with Crippen molar-refractivity contribution in [1.82, 2.24) is 9.62 Å². The molecule has 1 N–H and O–H groups in total. The SMILES string of the molecule is CCOc1cccc2cc(C(C)NC(=O)C3CCN(S(C)(=O)=O)CC3)oc12. The molecule has 1 aromatic heterocycles. The van der Waals surface area contributed by atoms with E-state index in [1.165, 1.54) is 10.6 Å². The van der Waals surface area contributed by atoms with E-state index in [1.807, 2.05) is 38.1 Å². The summed E-state index contributed by atoms with van der Waals surface area (Å²) in [5.74, 6) is 1.10. The van der Waals surface area contributed by atoms with Gasteiger partial charge in [-0.25, -0.2) is 12.7 Å². The highest BCUT2D eigenvalue weighted by Crippen LogP contribution is 2.31. The van der Waals surface area contributed by atoms with Crippen LogP contribution < -0.4 is 10.1 Å². The predicted octanol–water partition coefficient (Wildman–Crippen LogP) is 2.68. The fourth-order valence-electron chi connectivity index (χ4n) is 3.39. The Morgan fingerprint density at radius 3 is 2.70 bits per heavy atom. The van der Waals surface area contributed by atoms with E-state index >= 15 is 0 Å². The second-order valence-electron chi connectivity index (χ2n) is 6.92. The van der Waals surface area contributed by atoms with E-state index in [1.54, 1.807) is 0 Å². The minimum absolute atomic E-state index is 0.0684. The average molecular weight is 394 g/mol. The van der Waals surface area contributed by atoms with Gasteiger partial charge < -0.3 is 14.5 Å². The Bertz CT molecular complexity index is 913. The summed E-state index contributed by atoms with van der Waals surface area (Å²) in [5.41, 5.74) is 0.678. The van der Waals surface area contributed by atoms with Crippen molar-refractivity contribution >= 4 is 26.9 Å². The van der Waals surface area contributed by atoms with Crippen LogP contribution in [0.4, 0.5) is 0 Å². The van der Waals surface area contributed by atoms with Crippen LogP contribution in [0.15, 0.2) is 28.7 Å². The van der Waals surface area contributed by atoms with Gasteiger partial charge in [-0.1, -0.05) is 12.1 Å². The molecule has 3 rings (SSSR count). The summed E-state index contributed by atoms with van der Waals surface area (Å²) in [7, 11) is -3.19. The Morgan fingerprint density at radius 1 is 1.37 bits per heavy atom. The number of nitrogens with zero attached hydrogens (tertiary/aromatic N) is 1. The van der Waals surface area contributed by atoms with Gasteiger partial charge in [0.2, 0.25) is 15.9 Å². The first-order chi connectivity index (χ1) is 12.8. The zero-order chi connectivity index (χ0) is 19.6. The molecule has 0 saturated carbocycles. The van der Waals surface area contributed by atoms with Gasteiger partial charge in [0.05, 0.1) is 18.9 Å². The van der Waals surface area contributed by atoms with Crippen LogP contribution in [0.1, 0.15) is 38.5 Å². The van der Waals surface area contributed by atoms with Crippen molar-refractivity contribution in [1.29, 1.82) is 0 Å². The number of fused-ring (bicyclic) bond motifs is 1. The molecule has 1 aliphatic rings. The average Bonchev–Trinajstić information content (AvgIpc) is 3.07. The molecular formula is C19H26N2O5S. The summed E-state index contributed by atoms with van der Waals surface area (Å²) < 4.78 is 36.1. The minimum atomic E-state index is -3.19. The first-order valence-electron chi connectivity index (χ1n) is 9.20. The van der Waals surface area contributed by atoms with Gasteiger partial charge in [-0.3, -0.25) is 4.79 Å². The van der Waals surface area contributed by atoms with Gasteiger partial charge in [-0.2, -0.15) is 0 Å². The maximum atomic E-state index is 12.6. The molecule has 1 saturated heterocycles. The Labute approximate surface area is 159 Å². The molecule has 0 bridgehead atoms. The Kier molecular flexibility index (Phi) is 5.76. The lowest BCUT2D eigenvalue weighted by atomic mass is 9.97.